The molecule has 132 valence electrons. The highest BCUT2D eigenvalue weighted by Gasteiger charge is 2.19. The average Bonchev–Trinajstić information content (AvgIpc) is 2.70. The third-order valence-electron chi connectivity index (χ3n) is 4.23. The minimum atomic E-state index is 0.772. The van der Waals surface area contributed by atoms with Crippen LogP contribution in [0, 0.1) is 12.8 Å². The van der Waals surface area contributed by atoms with Crippen LogP contribution < -0.4 is 15.4 Å². The van der Waals surface area contributed by atoms with Crippen LogP contribution in [0.1, 0.15) is 6.42 Å². The number of hydrogen-bond acceptors (Lipinski definition) is 4. The number of anilines is 1. The van der Waals surface area contributed by atoms with Gasteiger partial charge in [-0.15, -0.1) is 12.8 Å². The molecule has 0 amide bonds. The van der Waals surface area contributed by atoms with Crippen LogP contribution in [0.5, 0.6) is 11.5 Å². The lowest BCUT2D eigenvalue weighted by Gasteiger charge is -2.36. The van der Waals surface area contributed by atoms with Gasteiger partial charge in [-0.05, 0) is 43.8 Å². The summed E-state index contributed by atoms with van der Waals surface area (Å²) in [5.74, 6) is 1.80. The van der Waals surface area contributed by atoms with Gasteiger partial charge in [0.25, 0.3) is 0 Å². The van der Waals surface area contributed by atoms with Crippen molar-refractivity contribution in [3.63, 3.8) is 0 Å². The van der Waals surface area contributed by atoms with Crippen molar-refractivity contribution in [2.24, 2.45) is 5.73 Å². The fourth-order valence-corrected chi connectivity index (χ4v) is 2.95. The van der Waals surface area contributed by atoms with Crippen LogP contribution >= 0.6 is 0 Å². The van der Waals surface area contributed by atoms with E-state index in [2.05, 4.69) is 34.8 Å². The van der Waals surface area contributed by atoms with Gasteiger partial charge < -0.3 is 15.4 Å². The Labute approximate surface area is 151 Å². The van der Waals surface area contributed by atoms with Gasteiger partial charge in [0.05, 0.1) is 5.69 Å². The zero-order valence-corrected chi connectivity index (χ0v) is 14.7. The van der Waals surface area contributed by atoms with Crippen molar-refractivity contribution in [1.29, 1.82) is 0 Å². The van der Waals surface area contributed by atoms with Crippen LogP contribution in [-0.2, 0) is 0 Å². The Balaban J connectivity index is 0.00000109. The fraction of sp³-hybridized carbons (Fsp3) is 0.333. The largest absolute Gasteiger partial charge is 0.455 e. The number of ether oxygens (including phenoxy) is 1. The molecule has 1 fully saturated rings. The molecule has 2 N–H and O–H groups in total. The van der Waals surface area contributed by atoms with Crippen molar-refractivity contribution >= 4 is 5.69 Å². The summed E-state index contributed by atoms with van der Waals surface area (Å²) in [4.78, 5) is 4.90. The van der Waals surface area contributed by atoms with E-state index in [1.165, 1.54) is 5.69 Å². The second kappa shape index (κ2) is 10.4. The molecule has 0 saturated carbocycles. The van der Waals surface area contributed by atoms with Crippen LogP contribution in [0.2, 0.25) is 0 Å². The maximum absolute atomic E-state index is 6.08. The molecule has 0 unspecified atom stereocenters. The SMILES string of the molecule is C#C.NCCCN1CCN(c2ccccc2Oc2ccccc2)CC1. The van der Waals surface area contributed by atoms with Crippen LogP contribution in [0.3, 0.4) is 0 Å². The predicted octanol–water partition coefficient (Wildman–Crippen LogP) is 3.20. The highest BCUT2D eigenvalue weighted by atomic mass is 16.5. The second-order valence-corrected chi connectivity index (χ2v) is 5.85. The Morgan fingerprint density at radius 1 is 0.880 bits per heavy atom. The summed E-state index contributed by atoms with van der Waals surface area (Å²) in [6.07, 6.45) is 9.08. The first-order chi connectivity index (χ1) is 12.4. The first-order valence-corrected chi connectivity index (χ1v) is 8.69. The van der Waals surface area contributed by atoms with E-state index >= 15 is 0 Å². The van der Waals surface area contributed by atoms with Gasteiger partial charge in [0.2, 0.25) is 0 Å². The topological polar surface area (TPSA) is 41.7 Å². The van der Waals surface area contributed by atoms with Crippen molar-refractivity contribution in [3.05, 3.63) is 54.6 Å². The van der Waals surface area contributed by atoms with Crippen LogP contribution in [-0.4, -0.2) is 44.2 Å². The van der Waals surface area contributed by atoms with Crippen LogP contribution in [0.15, 0.2) is 54.6 Å². The first kappa shape index (κ1) is 18.9. The van der Waals surface area contributed by atoms with Crippen LogP contribution in [0.4, 0.5) is 5.69 Å². The molecular weight excluding hydrogens is 310 g/mol. The Morgan fingerprint density at radius 2 is 1.52 bits per heavy atom. The molecule has 0 aromatic heterocycles. The van der Waals surface area contributed by atoms with Gasteiger partial charge in [0.1, 0.15) is 5.75 Å². The number of para-hydroxylation sites is 3. The standard InChI is InChI=1S/C19H25N3O.C2H2/c20-11-6-12-21-13-15-22(16-14-21)18-9-4-5-10-19(18)23-17-7-2-1-3-8-17;1-2/h1-5,7-10H,6,11-16,20H2;1-2H. The summed E-state index contributed by atoms with van der Waals surface area (Å²) >= 11 is 0. The number of terminal acetylenes is 1. The Hall–Kier alpha value is -2.48. The monoisotopic (exact) mass is 337 g/mol. The van der Waals surface area contributed by atoms with E-state index in [0.29, 0.717) is 0 Å². The zero-order valence-electron chi connectivity index (χ0n) is 14.7. The van der Waals surface area contributed by atoms with Crippen molar-refractivity contribution in [3.8, 4) is 24.3 Å². The van der Waals surface area contributed by atoms with Gasteiger partial charge in [-0.1, -0.05) is 30.3 Å². The highest BCUT2D eigenvalue weighted by Crippen LogP contribution is 2.32. The Bertz CT molecular complexity index is 634. The molecule has 0 aliphatic carbocycles. The molecule has 0 spiro atoms. The molecular formula is C21H27N3O. The van der Waals surface area contributed by atoms with Gasteiger partial charge in [0, 0.05) is 26.2 Å². The smallest absolute Gasteiger partial charge is 0.150 e. The normalized spacial score (nSPS) is 14.4. The highest BCUT2D eigenvalue weighted by molar-refractivity contribution is 5.59. The van der Waals surface area contributed by atoms with Crippen molar-refractivity contribution < 1.29 is 4.74 Å². The summed E-state index contributed by atoms with van der Waals surface area (Å²) < 4.78 is 6.08. The molecule has 1 saturated heterocycles. The van der Waals surface area contributed by atoms with E-state index in [-0.39, 0.29) is 0 Å². The van der Waals surface area contributed by atoms with Crippen molar-refractivity contribution in [1.82, 2.24) is 4.90 Å². The number of benzene rings is 2. The maximum Gasteiger partial charge on any atom is 0.150 e. The van der Waals surface area contributed by atoms with Gasteiger partial charge in [-0.3, -0.25) is 4.90 Å². The molecule has 2 aromatic carbocycles. The molecule has 0 bridgehead atoms. The molecule has 0 radical (unpaired) electrons. The van der Waals surface area contributed by atoms with E-state index in [0.717, 1.165) is 57.2 Å². The number of piperazine rings is 1. The molecule has 1 heterocycles. The zero-order chi connectivity index (χ0) is 17.9. The van der Waals surface area contributed by atoms with E-state index in [9.17, 15) is 0 Å². The van der Waals surface area contributed by atoms with Gasteiger partial charge in [-0.25, -0.2) is 0 Å². The lowest BCUT2D eigenvalue weighted by molar-refractivity contribution is 0.256. The van der Waals surface area contributed by atoms with Crippen LogP contribution in [0.25, 0.3) is 0 Å². The van der Waals surface area contributed by atoms with Gasteiger partial charge >= 0.3 is 0 Å². The van der Waals surface area contributed by atoms with Gasteiger partial charge in [0.15, 0.2) is 5.75 Å². The fourth-order valence-electron chi connectivity index (χ4n) is 2.95. The Morgan fingerprint density at radius 3 is 2.20 bits per heavy atom. The molecule has 25 heavy (non-hydrogen) atoms. The molecule has 1 aliphatic rings. The van der Waals surface area contributed by atoms with Gasteiger partial charge in [-0.2, -0.15) is 0 Å². The summed E-state index contributed by atoms with van der Waals surface area (Å²) in [5.41, 5.74) is 6.78. The summed E-state index contributed by atoms with van der Waals surface area (Å²) in [5, 5.41) is 0. The lowest BCUT2D eigenvalue weighted by atomic mass is 10.2. The average molecular weight is 337 g/mol. The molecule has 4 heteroatoms. The third kappa shape index (κ3) is 5.53. The first-order valence-electron chi connectivity index (χ1n) is 8.69. The number of rotatable bonds is 6. The quantitative estimate of drug-likeness (QED) is 0.822. The minimum absolute atomic E-state index is 0.772. The lowest BCUT2D eigenvalue weighted by Crippen LogP contribution is -2.47. The molecule has 2 aromatic rings. The second-order valence-electron chi connectivity index (χ2n) is 5.85. The van der Waals surface area contributed by atoms with E-state index in [1.54, 1.807) is 0 Å². The molecule has 0 atom stereocenters. The maximum atomic E-state index is 6.08. The van der Waals surface area contributed by atoms with Crippen molar-refractivity contribution in [2.75, 3.05) is 44.2 Å². The van der Waals surface area contributed by atoms with Crippen molar-refractivity contribution in [2.45, 2.75) is 6.42 Å². The predicted molar refractivity (Wildman–Crippen MR) is 105 cm³/mol. The molecule has 1 aliphatic heterocycles. The summed E-state index contributed by atoms with van der Waals surface area (Å²) in [6.45, 7) is 6.10. The number of nitrogens with two attached hydrogens (primary N) is 1. The van der Waals surface area contributed by atoms with E-state index < -0.39 is 0 Å². The summed E-state index contributed by atoms with van der Waals surface area (Å²) in [6, 6.07) is 18.3. The van der Waals surface area contributed by atoms with E-state index in [1.807, 2.05) is 42.5 Å². The Kier molecular flexibility index (Phi) is 7.84. The summed E-state index contributed by atoms with van der Waals surface area (Å²) in [7, 11) is 0. The third-order valence-corrected chi connectivity index (χ3v) is 4.23. The van der Waals surface area contributed by atoms with E-state index in [4.69, 9.17) is 10.5 Å². The minimum Gasteiger partial charge on any atom is -0.455 e. The molecule has 4 nitrogen and oxygen atoms in total. The number of nitrogens with zero attached hydrogens (tertiary/aromatic N) is 2. The number of hydrogen-bond donors (Lipinski definition) is 1. The molecule has 3 rings (SSSR count).